The number of carboxylic acid groups (broad SMARTS) is 1. The molecular formula is C15H20N4O3S. The zero-order valence-electron chi connectivity index (χ0n) is 12.8. The first-order chi connectivity index (χ1) is 11.2. The topological polar surface area (TPSA) is 82.7 Å². The van der Waals surface area contributed by atoms with Crippen molar-refractivity contribution in [2.24, 2.45) is 0 Å². The van der Waals surface area contributed by atoms with Crippen LogP contribution >= 0.6 is 11.3 Å². The first-order valence-corrected chi connectivity index (χ1v) is 8.61. The summed E-state index contributed by atoms with van der Waals surface area (Å²) < 4.78 is 5.29. The SMILES string of the molecule is O=C(O)CN1CCN(CCCc2nc(-c3cccs3)no2)CC1. The average molecular weight is 336 g/mol. The van der Waals surface area contributed by atoms with Crippen molar-refractivity contribution in [2.75, 3.05) is 39.3 Å². The first kappa shape index (κ1) is 16.1. The quantitative estimate of drug-likeness (QED) is 0.819. The molecule has 1 saturated heterocycles. The number of aryl methyl sites for hydroxylation is 1. The molecule has 0 spiro atoms. The second-order valence-corrected chi connectivity index (χ2v) is 6.55. The van der Waals surface area contributed by atoms with Crippen LogP contribution < -0.4 is 0 Å². The summed E-state index contributed by atoms with van der Waals surface area (Å²) >= 11 is 1.60. The highest BCUT2D eigenvalue weighted by molar-refractivity contribution is 7.13. The first-order valence-electron chi connectivity index (χ1n) is 7.73. The summed E-state index contributed by atoms with van der Waals surface area (Å²) in [5, 5.41) is 14.8. The monoisotopic (exact) mass is 336 g/mol. The lowest BCUT2D eigenvalue weighted by molar-refractivity contribution is -0.138. The molecule has 23 heavy (non-hydrogen) atoms. The number of aliphatic carboxylic acids is 1. The van der Waals surface area contributed by atoms with E-state index in [2.05, 4.69) is 15.0 Å². The molecule has 8 heteroatoms. The van der Waals surface area contributed by atoms with E-state index >= 15 is 0 Å². The fraction of sp³-hybridized carbons (Fsp3) is 0.533. The molecule has 1 fully saturated rings. The fourth-order valence-corrected chi connectivity index (χ4v) is 3.33. The molecule has 0 aliphatic carbocycles. The molecule has 2 aromatic heterocycles. The number of nitrogens with zero attached hydrogens (tertiary/aromatic N) is 4. The fourth-order valence-electron chi connectivity index (χ4n) is 2.68. The van der Waals surface area contributed by atoms with E-state index in [1.165, 1.54) is 0 Å². The third kappa shape index (κ3) is 4.60. The Labute approximate surface area is 138 Å². The Morgan fingerprint density at radius 3 is 2.78 bits per heavy atom. The van der Waals surface area contributed by atoms with Gasteiger partial charge in [-0.25, -0.2) is 0 Å². The lowest BCUT2D eigenvalue weighted by Crippen LogP contribution is -2.48. The lowest BCUT2D eigenvalue weighted by Gasteiger charge is -2.33. The van der Waals surface area contributed by atoms with Crippen molar-refractivity contribution in [3.63, 3.8) is 0 Å². The van der Waals surface area contributed by atoms with E-state index in [1.54, 1.807) is 11.3 Å². The molecule has 3 heterocycles. The zero-order chi connectivity index (χ0) is 16.1. The minimum absolute atomic E-state index is 0.140. The van der Waals surface area contributed by atoms with E-state index in [-0.39, 0.29) is 6.54 Å². The summed E-state index contributed by atoms with van der Waals surface area (Å²) in [6.45, 7) is 4.57. The van der Waals surface area contributed by atoms with Crippen LogP contribution in [-0.2, 0) is 11.2 Å². The van der Waals surface area contributed by atoms with E-state index in [1.807, 2.05) is 22.4 Å². The zero-order valence-corrected chi connectivity index (χ0v) is 13.7. The maximum Gasteiger partial charge on any atom is 0.317 e. The molecule has 1 aliphatic heterocycles. The Kier molecular flexibility index (Phi) is 5.37. The summed E-state index contributed by atoms with van der Waals surface area (Å²) in [5.74, 6) is 0.589. The number of carbonyl (C=O) groups is 1. The van der Waals surface area contributed by atoms with Gasteiger partial charge in [-0.1, -0.05) is 11.2 Å². The van der Waals surface area contributed by atoms with E-state index in [9.17, 15) is 4.79 Å². The van der Waals surface area contributed by atoms with Crippen molar-refractivity contribution in [2.45, 2.75) is 12.8 Å². The van der Waals surface area contributed by atoms with Gasteiger partial charge in [-0.2, -0.15) is 4.98 Å². The van der Waals surface area contributed by atoms with Gasteiger partial charge in [0.25, 0.3) is 0 Å². The summed E-state index contributed by atoms with van der Waals surface area (Å²) in [6.07, 6.45) is 1.73. The van der Waals surface area contributed by atoms with Crippen molar-refractivity contribution in [1.82, 2.24) is 19.9 Å². The molecular weight excluding hydrogens is 316 g/mol. The Bertz CT molecular complexity index is 620. The van der Waals surface area contributed by atoms with Gasteiger partial charge in [0.15, 0.2) is 0 Å². The molecule has 0 unspecified atom stereocenters. The van der Waals surface area contributed by atoms with Crippen LogP contribution in [0.15, 0.2) is 22.0 Å². The number of hydrogen-bond acceptors (Lipinski definition) is 7. The van der Waals surface area contributed by atoms with E-state index in [4.69, 9.17) is 9.63 Å². The Hall–Kier alpha value is -1.77. The summed E-state index contributed by atoms with van der Waals surface area (Å²) in [6, 6.07) is 3.95. The predicted molar refractivity (Wildman–Crippen MR) is 86.4 cm³/mol. The smallest absolute Gasteiger partial charge is 0.317 e. The largest absolute Gasteiger partial charge is 0.480 e. The standard InChI is InChI=1S/C15H20N4O3S/c20-14(21)11-19-8-6-18(7-9-19)5-1-4-13-16-15(17-22-13)12-3-2-10-23-12/h2-3,10H,1,4-9,11H2,(H,20,21). The summed E-state index contributed by atoms with van der Waals surface area (Å²) in [7, 11) is 0. The number of hydrogen-bond donors (Lipinski definition) is 1. The summed E-state index contributed by atoms with van der Waals surface area (Å²) in [5.41, 5.74) is 0. The number of aromatic nitrogens is 2. The minimum atomic E-state index is -0.753. The van der Waals surface area contributed by atoms with Gasteiger partial charge in [-0.3, -0.25) is 9.69 Å². The molecule has 2 aromatic rings. The molecule has 124 valence electrons. The number of carboxylic acids is 1. The maximum atomic E-state index is 10.7. The van der Waals surface area contributed by atoms with E-state index < -0.39 is 5.97 Å². The number of thiophene rings is 1. The van der Waals surface area contributed by atoms with Crippen LogP contribution in [0.4, 0.5) is 0 Å². The molecule has 0 aromatic carbocycles. The highest BCUT2D eigenvalue weighted by atomic mass is 32.1. The van der Waals surface area contributed by atoms with Gasteiger partial charge < -0.3 is 14.5 Å². The Morgan fingerprint density at radius 1 is 1.30 bits per heavy atom. The molecule has 3 rings (SSSR count). The highest BCUT2D eigenvalue weighted by Crippen LogP contribution is 2.21. The van der Waals surface area contributed by atoms with Crippen molar-refractivity contribution < 1.29 is 14.4 Å². The average Bonchev–Trinajstić information content (AvgIpc) is 3.19. The molecule has 0 saturated carbocycles. The van der Waals surface area contributed by atoms with Crippen LogP contribution in [0, 0.1) is 0 Å². The molecule has 0 bridgehead atoms. The Morgan fingerprint density at radius 2 is 2.09 bits per heavy atom. The summed E-state index contributed by atoms with van der Waals surface area (Å²) in [4.78, 5) is 20.5. The number of rotatable bonds is 7. The van der Waals surface area contributed by atoms with Crippen molar-refractivity contribution >= 4 is 17.3 Å². The predicted octanol–water partition coefficient (Wildman–Crippen LogP) is 1.43. The molecule has 0 atom stereocenters. The third-order valence-electron chi connectivity index (χ3n) is 3.90. The van der Waals surface area contributed by atoms with E-state index in [0.717, 1.165) is 50.4 Å². The van der Waals surface area contributed by atoms with E-state index in [0.29, 0.717) is 11.7 Å². The normalized spacial score (nSPS) is 16.7. The third-order valence-corrected chi connectivity index (χ3v) is 4.76. The van der Waals surface area contributed by atoms with Crippen LogP contribution in [0.2, 0.25) is 0 Å². The van der Waals surface area contributed by atoms with Crippen LogP contribution in [0.1, 0.15) is 12.3 Å². The second-order valence-electron chi connectivity index (χ2n) is 5.60. The molecule has 7 nitrogen and oxygen atoms in total. The van der Waals surface area contributed by atoms with Crippen molar-refractivity contribution in [3.05, 3.63) is 23.4 Å². The molecule has 0 amide bonds. The van der Waals surface area contributed by atoms with Gasteiger partial charge in [0.2, 0.25) is 11.7 Å². The molecule has 1 aliphatic rings. The van der Waals surface area contributed by atoms with Gasteiger partial charge >= 0.3 is 5.97 Å². The van der Waals surface area contributed by atoms with Crippen LogP contribution in [0.25, 0.3) is 10.7 Å². The maximum absolute atomic E-state index is 10.7. The van der Waals surface area contributed by atoms with Gasteiger partial charge in [-0.05, 0) is 24.4 Å². The van der Waals surface area contributed by atoms with Crippen molar-refractivity contribution in [1.29, 1.82) is 0 Å². The van der Waals surface area contributed by atoms with Crippen molar-refractivity contribution in [3.8, 4) is 10.7 Å². The minimum Gasteiger partial charge on any atom is -0.480 e. The van der Waals surface area contributed by atoms with Gasteiger partial charge in [-0.15, -0.1) is 11.3 Å². The van der Waals surface area contributed by atoms with Crippen LogP contribution in [-0.4, -0.2) is 70.3 Å². The van der Waals surface area contributed by atoms with Gasteiger partial charge in [0, 0.05) is 32.6 Å². The van der Waals surface area contributed by atoms with Gasteiger partial charge in [0.05, 0.1) is 11.4 Å². The van der Waals surface area contributed by atoms with Crippen LogP contribution in [0.3, 0.4) is 0 Å². The lowest BCUT2D eigenvalue weighted by atomic mass is 10.2. The highest BCUT2D eigenvalue weighted by Gasteiger charge is 2.18. The molecule has 1 N–H and O–H groups in total. The second kappa shape index (κ2) is 7.67. The number of piperazine rings is 1. The Balaban J connectivity index is 1.38. The van der Waals surface area contributed by atoms with Gasteiger partial charge in [0.1, 0.15) is 0 Å². The molecule has 0 radical (unpaired) electrons. The van der Waals surface area contributed by atoms with Crippen LogP contribution in [0.5, 0.6) is 0 Å².